The smallest absolute Gasteiger partial charge is 0.221 e. The molecule has 1 N–H and O–H groups in total. The predicted molar refractivity (Wildman–Crippen MR) is 65.7 cm³/mol. The van der Waals surface area contributed by atoms with Gasteiger partial charge >= 0.3 is 0 Å². The van der Waals surface area contributed by atoms with Gasteiger partial charge in [0.1, 0.15) is 0 Å². The van der Waals surface area contributed by atoms with Crippen molar-refractivity contribution in [3.63, 3.8) is 0 Å². The number of nitrogens with one attached hydrogen (secondary N) is 1. The zero-order chi connectivity index (χ0) is 11.8. The third-order valence-corrected chi connectivity index (χ3v) is 2.91. The van der Waals surface area contributed by atoms with Crippen LogP contribution in [0.2, 0.25) is 0 Å². The summed E-state index contributed by atoms with van der Waals surface area (Å²) >= 11 is 3.45. The maximum Gasteiger partial charge on any atom is 0.221 e. The number of benzene rings is 1. The molecule has 1 aromatic rings. The molecule has 84 valence electrons. The van der Waals surface area contributed by atoms with E-state index in [9.17, 15) is 4.79 Å². The second-order valence-corrected chi connectivity index (χ2v) is 4.20. The Morgan fingerprint density at radius 2 is 2.19 bits per heavy atom. The summed E-state index contributed by atoms with van der Waals surface area (Å²) in [6.45, 7) is 0.604. The molecule has 1 amide bonds. The van der Waals surface area contributed by atoms with Crippen molar-refractivity contribution in [2.45, 2.75) is 19.3 Å². The average molecular weight is 281 g/mol. The first-order valence-electron chi connectivity index (χ1n) is 5.11. The van der Waals surface area contributed by atoms with Gasteiger partial charge in [-0.3, -0.25) is 4.79 Å². The molecule has 0 atom stereocenters. The van der Waals surface area contributed by atoms with E-state index in [4.69, 9.17) is 5.26 Å². The molecule has 0 aromatic heterocycles. The van der Waals surface area contributed by atoms with Gasteiger partial charge in [-0.1, -0.05) is 34.1 Å². The van der Waals surface area contributed by atoms with Gasteiger partial charge in [-0.15, -0.1) is 0 Å². The molecule has 0 unspecified atom stereocenters. The first-order chi connectivity index (χ1) is 7.74. The fraction of sp³-hybridized carbons (Fsp3) is 0.333. The average Bonchev–Trinajstić information content (AvgIpc) is 2.29. The molecule has 0 bridgehead atoms. The first-order valence-corrected chi connectivity index (χ1v) is 5.90. The maximum atomic E-state index is 11.2. The van der Waals surface area contributed by atoms with Gasteiger partial charge in [0, 0.05) is 23.9 Å². The Kier molecular flexibility index (Phi) is 5.58. The zero-order valence-electron chi connectivity index (χ0n) is 8.87. The van der Waals surface area contributed by atoms with E-state index in [2.05, 4.69) is 21.2 Å². The van der Waals surface area contributed by atoms with Crippen molar-refractivity contribution < 1.29 is 4.79 Å². The largest absolute Gasteiger partial charge is 0.356 e. The highest BCUT2D eigenvalue weighted by atomic mass is 79.9. The number of halogens is 1. The van der Waals surface area contributed by atoms with Gasteiger partial charge in [-0.25, -0.2) is 0 Å². The van der Waals surface area contributed by atoms with E-state index in [0.717, 1.165) is 10.9 Å². The Hall–Kier alpha value is -1.34. The van der Waals surface area contributed by atoms with E-state index in [1.165, 1.54) is 5.56 Å². The van der Waals surface area contributed by atoms with E-state index in [0.29, 0.717) is 6.54 Å². The summed E-state index contributed by atoms with van der Waals surface area (Å²) < 4.78 is 1.06. The summed E-state index contributed by atoms with van der Waals surface area (Å²) in [5.74, 6) is -0.0615. The van der Waals surface area contributed by atoms with Crippen LogP contribution in [0.4, 0.5) is 0 Å². The fourth-order valence-electron chi connectivity index (χ4n) is 1.30. The van der Waals surface area contributed by atoms with Crippen LogP contribution in [0.3, 0.4) is 0 Å². The van der Waals surface area contributed by atoms with E-state index in [1.54, 1.807) is 0 Å². The molecular formula is C12H13BrN2O. The summed E-state index contributed by atoms with van der Waals surface area (Å²) in [6, 6.07) is 9.87. The Bertz CT molecular complexity index is 398. The van der Waals surface area contributed by atoms with Crippen LogP contribution >= 0.6 is 15.9 Å². The normalized spacial score (nSPS) is 9.50. The molecule has 0 saturated carbocycles. The molecule has 1 aromatic carbocycles. The Balaban J connectivity index is 2.29. The van der Waals surface area contributed by atoms with Gasteiger partial charge in [0.25, 0.3) is 0 Å². The van der Waals surface area contributed by atoms with Gasteiger partial charge in [-0.2, -0.15) is 5.26 Å². The van der Waals surface area contributed by atoms with Crippen LogP contribution in [0.25, 0.3) is 0 Å². The van der Waals surface area contributed by atoms with E-state index < -0.39 is 0 Å². The zero-order valence-corrected chi connectivity index (χ0v) is 10.5. The van der Waals surface area contributed by atoms with Crippen molar-refractivity contribution in [2.75, 3.05) is 6.54 Å². The highest BCUT2D eigenvalue weighted by Gasteiger charge is 2.01. The number of nitriles is 1. The molecule has 0 radical (unpaired) electrons. The lowest BCUT2D eigenvalue weighted by molar-refractivity contribution is -0.120. The molecule has 0 aliphatic heterocycles. The van der Waals surface area contributed by atoms with Crippen LogP contribution in [0.15, 0.2) is 28.7 Å². The van der Waals surface area contributed by atoms with Crippen molar-refractivity contribution in [1.82, 2.24) is 5.32 Å². The number of nitrogens with zero attached hydrogens (tertiary/aromatic N) is 1. The highest BCUT2D eigenvalue weighted by molar-refractivity contribution is 9.10. The molecule has 16 heavy (non-hydrogen) atoms. The molecule has 1 rings (SSSR count). The van der Waals surface area contributed by atoms with Gasteiger partial charge < -0.3 is 5.32 Å². The molecule has 3 nitrogen and oxygen atoms in total. The van der Waals surface area contributed by atoms with Crippen LogP contribution in [0.5, 0.6) is 0 Å². The van der Waals surface area contributed by atoms with Crippen LogP contribution in [-0.4, -0.2) is 12.5 Å². The standard InChI is InChI=1S/C12H13BrN2O/c13-11-5-2-1-4-10(11)7-9-15-12(16)6-3-8-14/h1-2,4-5H,3,6-7,9H2,(H,15,16). The molecule has 0 fully saturated rings. The predicted octanol–water partition coefficient (Wildman–Crippen LogP) is 2.41. The van der Waals surface area contributed by atoms with E-state index in [1.807, 2.05) is 30.3 Å². The van der Waals surface area contributed by atoms with Gasteiger partial charge in [0.05, 0.1) is 6.07 Å². The van der Waals surface area contributed by atoms with Gasteiger partial charge in [0.2, 0.25) is 5.91 Å². The molecule has 0 spiro atoms. The Morgan fingerprint density at radius 3 is 2.88 bits per heavy atom. The third kappa shape index (κ3) is 4.45. The summed E-state index contributed by atoms with van der Waals surface area (Å²) in [4.78, 5) is 11.2. The van der Waals surface area contributed by atoms with Crippen molar-refractivity contribution in [1.29, 1.82) is 5.26 Å². The minimum atomic E-state index is -0.0615. The van der Waals surface area contributed by atoms with Crippen LogP contribution in [0.1, 0.15) is 18.4 Å². The summed E-state index contributed by atoms with van der Waals surface area (Å²) in [7, 11) is 0. The summed E-state index contributed by atoms with van der Waals surface area (Å²) in [5, 5.41) is 11.1. The van der Waals surface area contributed by atoms with E-state index >= 15 is 0 Å². The van der Waals surface area contributed by atoms with Crippen molar-refractivity contribution >= 4 is 21.8 Å². The number of carbonyl (C=O) groups is 1. The van der Waals surface area contributed by atoms with Gasteiger partial charge in [-0.05, 0) is 18.1 Å². The first kappa shape index (κ1) is 12.7. The van der Waals surface area contributed by atoms with Crippen molar-refractivity contribution in [3.8, 4) is 6.07 Å². The quantitative estimate of drug-likeness (QED) is 0.901. The molecule has 0 aliphatic carbocycles. The number of rotatable bonds is 5. The van der Waals surface area contributed by atoms with Gasteiger partial charge in [0.15, 0.2) is 0 Å². The topological polar surface area (TPSA) is 52.9 Å². The van der Waals surface area contributed by atoms with Crippen LogP contribution in [-0.2, 0) is 11.2 Å². The number of hydrogen-bond donors (Lipinski definition) is 1. The van der Waals surface area contributed by atoms with Crippen LogP contribution < -0.4 is 5.32 Å². The lowest BCUT2D eigenvalue weighted by atomic mass is 10.1. The second-order valence-electron chi connectivity index (χ2n) is 3.35. The Labute approximate surface area is 104 Å². The number of hydrogen-bond acceptors (Lipinski definition) is 2. The van der Waals surface area contributed by atoms with Crippen LogP contribution in [0, 0.1) is 11.3 Å². The number of carbonyl (C=O) groups excluding carboxylic acids is 1. The minimum absolute atomic E-state index is 0.0615. The molecule has 0 saturated heterocycles. The number of amides is 1. The molecule has 0 aliphatic rings. The highest BCUT2D eigenvalue weighted by Crippen LogP contribution is 2.15. The summed E-state index contributed by atoms with van der Waals surface area (Å²) in [5.41, 5.74) is 1.17. The second kappa shape index (κ2) is 7.02. The fourth-order valence-corrected chi connectivity index (χ4v) is 1.78. The molecular weight excluding hydrogens is 268 g/mol. The minimum Gasteiger partial charge on any atom is -0.356 e. The lowest BCUT2D eigenvalue weighted by Gasteiger charge is -2.05. The lowest BCUT2D eigenvalue weighted by Crippen LogP contribution is -2.25. The van der Waals surface area contributed by atoms with E-state index in [-0.39, 0.29) is 18.7 Å². The van der Waals surface area contributed by atoms with Crippen molar-refractivity contribution in [3.05, 3.63) is 34.3 Å². The third-order valence-electron chi connectivity index (χ3n) is 2.14. The Morgan fingerprint density at radius 1 is 1.44 bits per heavy atom. The monoisotopic (exact) mass is 280 g/mol. The molecule has 0 heterocycles. The SMILES string of the molecule is N#CCCC(=O)NCCc1ccccc1Br. The van der Waals surface area contributed by atoms with Crippen molar-refractivity contribution in [2.24, 2.45) is 0 Å². The summed E-state index contributed by atoms with van der Waals surface area (Å²) in [6.07, 6.45) is 1.35. The maximum absolute atomic E-state index is 11.2. The molecule has 4 heteroatoms.